The largest absolute Gasteiger partial charge is 0.502 e. The molecule has 0 saturated carbocycles. The number of phenols is 1. The molecule has 0 saturated heterocycles. The Balaban J connectivity index is 2.37. The first-order chi connectivity index (χ1) is 10.8. The van der Waals surface area contributed by atoms with Crippen molar-refractivity contribution in [2.24, 2.45) is 0 Å². The Morgan fingerprint density at radius 3 is 2.57 bits per heavy atom. The number of benzene rings is 2. The van der Waals surface area contributed by atoms with E-state index >= 15 is 0 Å². The Hall–Kier alpha value is -2.96. The lowest BCUT2D eigenvalue weighted by Crippen LogP contribution is -2.15. The van der Waals surface area contributed by atoms with Crippen molar-refractivity contribution in [1.82, 2.24) is 0 Å². The molecule has 2 aromatic rings. The summed E-state index contributed by atoms with van der Waals surface area (Å²) < 4.78 is 13.6. The lowest BCUT2D eigenvalue weighted by atomic mass is 9.91. The number of hydrogen-bond acceptors (Lipinski definition) is 4. The average molecular weight is 319 g/mol. The van der Waals surface area contributed by atoms with Crippen LogP contribution in [0.15, 0.2) is 36.4 Å². The average Bonchev–Trinajstić information content (AvgIpc) is 2.48. The van der Waals surface area contributed by atoms with Gasteiger partial charge in [0.25, 0.3) is 0 Å². The number of aliphatic carboxylic acids is 1. The van der Waals surface area contributed by atoms with Crippen molar-refractivity contribution in [2.45, 2.75) is 19.3 Å². The molecule has 1 atom stereocenters. The smallest absolute Gasteiger partial charge is 0.311 e. The molecule has 7 heteroatoms. The molecule has 0 fully saturated rings. The van der Waals surface area contributed by atoms with Gasteiger partial charge in [-0.2, -0.15) is 0 Å². The van der Waals surface area contributed by atoms with Crippen LogP contribution in [0.5, 0.6) is 5.75 Å². The summed E-state index contributed by atoms with van der Waals surface area (Å²) in [5, 5.41) is 29.6. The highest BCUT2D eigenvalue weighted by Crippen LogP contribution is 2.29. The molecule has 0 bridgehead atoms. The highest BCUT2D eigenvalue weighted by atomic mass is 19.1. The van der Waals surface area contributed by atoms with Gasteiger partial charge < -0.3 is 10.2 Å². The molecular formula is C16H14FNO5. The topological polar surface area (TPSA) is 101 Å². The van der Waals surface area contributed by atoms with Crippen LogP contribution in [0.4, 0.5) is 10.1 Å². The van der Waals surface area contributed by atoms with Crippen molar-refractivity contribution in [3.05, 3.63) is 69.0 Å². The van der Waals surface area contributed by atoms with Gasteiger partial charge in [-0.3, -0.25) is 14.9 Å². The van der Waals surface area contributed by atoms with Crippen LogP contribution in [-0.4, -0.2) is 21.1 Å². The zero-order valence-corrected chi connectivity index (χ0v) is 12.2. The maximum atomic E-state index is 13.6. The number of nitro groups is 1. The van der Waals surface area contributed by atoms with Gasteiger partial charge >= 0.3 is 11.7 Å². The normalized spacial score (nSPS) is 11.9. The Morgan fingerprint density at radius 1 is 1.30 bits per heavy atom. The maximum absolute atomic E-state index is 13.6. The van der Waals surface area contributed by atoms with Crippen molar-refractivity contribution < 1.29 is 24.3 Å². The van der Waals surface area contributed by atoms with Crippen LogP contribution in [0.2, 0.25) is 0 Å². The summed E-state index contributed by atoms with van der Waals surface area (Å²) in [6, 6.07) is 7.83. The number of halogens is 1. The minimum Gasteiger partial charge on any atom is -0.502 e. The van der Waals surface area contributed by atoms with Crippen LogP contribution in [-0.2, 0) is 11.2 Å². The van der Waals surface area contributed by atoms with E-state index in [1.165, 1.54) is 18.2 Å². The third-order valence-electron chi connectivity index (χ3n) is 3.57. The van der Waals surface area contributed by atoms with Crippen molar-refractivity contribution in [3.8, 4) is 5.75 Å². The molecule has 0 heterocycles. The van der Waals surface area contributed by atoms with E-state index in [-0.39, 0.29) is 12.0 Å². The van der Waals surface area contributed by atoms with Gasteiger partial charge in [-0.15, -0.1) is 0 Å². The minimum absolute atomic E-state index is 0.0566. The summed E-state index contributed by atoms with van der Waals surface area (Å²) >= 11 is 0. The first-order valence-corrected chi connectivity index (χ1v) is 6.74. The number of aryl methyl sites for hydroxylation is 1. The van der Waals surface area contributed by atoms with Gasteiger partial charge in [0.05, 0.1) is 10.8 Å². The third kappa shape index (κ3) is 3.63. The Bertz CT molecular complexity index is 775. The minimum atomic E-state index is -1.16. The molecule has 0 amide bonds. The van der Waals surface area contributed by atoms with E-state index in [4.69, 9.17) is 0 Å². The van der Waals surface area contributed by atoms with Crippen LogP contribution >= 0.6 is 0 Å². The molecule has 0 aliphatic heterocycles. The maximum Gasteiger partial charge on any atom is 0.311 e. The summed E-state index contributed by atoms with van der Waals surface area (Å²) in [5.41, 5.74) is 0.541. The monoisotopic (exact) mass is 319 g/mol. The zero-order valence-electron chi connectivity index (χ0n) is 12.2. The van der Waals surface area contributed by atoms with Crippen molar-refractivity contribution >= 4 is 11.7 Å². The van der Waals surface area contributed by atoms with E-state index in [1.807, 2.05) is 0 Å². The fourth-order valence-electron chi connectivity index (χ4n) is 2.25. The summed E-state index contributed by atoms with van der Waals surface area (Å²) in [7, 11) is 0. The number of aromatic hydroxyl groups is 1. The predicted molar refractivity (Wildman–Crippen MR) is 80.0 cm³/mol. The second-order valence-electron chi connectivity index (χ2n) is 5.18. The van der Waals surface area contributed by atoms with E-state index in [0.29, 0.717) is 11.1 Å². The second kappa shape index (κ2) is 6.43. The quantitative estimate of drug-likeness (QED) is 0.651. The van der Waals surface area contributed by atoms with Crippen LogP contribution < -0.4 is 0 Å². The van der Waals surface area contributed by atoms with E-state index in [0.717, 1.165) is 18.2 Å². The fourth-order valence-corrected chi connectivity index (χ4v) is 2.25. The van der Waals surface area contributed by atoms with Crippen LogP contribution in [0.3, 0.4) is 0 Å². The van der Waals surface area contributed by atoms with Crippen molar-refractivity contribution in [1.29, 1.82) is 0 Å². The second-order valence-corrected chi connectivity index (χ2v) is 5.18. The molecule has 0 spiro atoms. The van der Waals surface area contributed by atoms with Gasteiger partial charge in [-0.05, 0) is 42.2 Å². The SMILES string of the molecule is Cc1ccc(C(Cc2ccc(O)c([N+](=O)[O-])c2)C(=O)O)cc1F. The van der Waals surface area contributed by atoms with Gasteiger partial charge in [0.1, 0.15) is 5.82 Å². The fraction of sp³-hybridized carbons (Fsp3) is 0.188. The van der Waals surface area contributed by atoms with E-state index in [2.05, 4.69) is 0 Å². The number of carbonyl (C=O) groups is 1. The van der Waals surface area contributed by atoms with Gasteiger partial charge in [0.15, 0.2) is 5.75 Å². The summed E-state index contributed by atoms with van der Waals surface area (Å²) in [4.78, 5) is 21.6. The Labute approximate surface area is 131 Å². The van der Waals surface area contributed by atoms with Crippen LogP contribution in [0.25, 0.3) is 0 Å². The van der Waals surface area contributed by atoms with Crippen molar-refractivity contribution in [3.63, 3.8) is 0 Å². The van der Waals surface area contributed by atoms with Gasteiger partial charge in [0.2, 0.25) is 0 Å². The molecule has 23 heavy (non-hydrogen) atoms. The molecule has 2 N–H and O–H groups in total. The molecule has 2 aromatic carbocycles. The molecule has 1 unspecified atom stereocenters. The zero-order chi connectivity index (χ0) is 17.1. The molecule has 0 radical (unpaired) electrons. The van der Waals surface area contributed by atoms with E-state index < -0.39 is 34.1 Å². The number of carboxylic acids is 1. The van der Waals surface area contributed by atoms with E-state index in [9.17, 15) is 29.5 Å². The lowest BCUT2D eigenvalue weighted by molar-refractivity contribution is -0.385. The number of nitro benzene ring substituents is 1. The predicted octanol–water partition coefficient (Wildman–Crippen LogP) is 3.16. The number of nitrogens with zero attached hydrogens (tertiary/aromatic N) is 1. The number of carboxylic acid groups (broad SMARTS) is 1. The summed E-state index contributed by atoms with van der Waals surface area (Å²) in [6.45, 7) is 1.57. The van der Waals surface area contributed by atoms with Gasteiger partial charge in [0, 0.05) is 6.07 Å². The molecule has 0 aromatic heterocycles. The number of hydrogen-bond donors (Lipinski definition) is 2. The Morgan fingerprint density at radius 2 is 2.00 bits per heavy atom. The van der Waals surface area contributed by atoms with Gasteiger partial charge in [-0.25, -0.2) is 4.39 Å². The van der Waals surface area contributed by atoms with Crippen molar-refractivity contribution in [2.75, 3.05) is 0 Å². The first-order valence-electron chi connectivity index (χ1n) is 6.74. The molecule has 120 valence electrons. The highest BCUT2D eigenvalue weighted by molar-refractivity contribution is 5.76. The Kier molecular flexibility index (Phi) is 4.59. The standard InChI is InChI=1S/C16H14FNO5/c1-9-2-4-11(8-13(9)17)12(16(20)21)6-10-3-5-15(19)14(7-10)18(22)23/h2-5,7-8,12,19H,6H2,1H3,(H,20,21). The van der Waals surface area contributed by atoms with Crippen LogP contribution in [0, 0.1) is 22.9 Å². The lowest BCUT2D eigenvalue weighted by Gasteiger charge is -2.14. The molecule has 0 aliphatic carbocycles. The van der Waals surface area contributed by atoms with Crippen LogP contribution in [0.1, 0.15) is 22.6 Å². The summed E-state index contributed by atoms with van der Waals surface area (Å²) in [6.07, 6.45) is -0.0566. The highest BCUT2D eigenvalue weighted by Gasteiger charge is 2.23. The van der Waals surface area contributed by atoms with Gasteiger partial charge in [-0.1, -0.05) is 18.2 Å². The molecule has 0 aliphatic rings. The number of phenolic OH excluding ortho intramolecular Hbond substituents is 1. The molecule has 6 nitrogen and oxygen atoms in total. The number of rotatable bonds is 5. The third-order valence-corrected chi connectivity index (χ3v) is 3.57. The molecule has 2 rings (SSSR count). The van der Waals surface area contributed by atoms with E-state index in [1.54, 1.807) is 6.92 Å². The first kappa shape index (κ1) is 16.4. The molecular weight excluding hydrogens is 305 g/mol. The summed E-state index contributed by atoms with van der Waals surface area (Å²) in [5.74, 6) is -3.21.